The molecule has 1 aliphatic heterocycles. The van der Waals surface area contributed by atoms with Crippen LogP contribution in [0.2, 0.25) is 5.02 Å². The van der Waals surface area contributed by atoms with E-state index in [4.69, 9.17) is 21.4 Å². The van der Waals surface area contributed by atoms with Crippen LogP contribution >= 0.6 is 11.6 Å². The van der Waals surface area contributed by atoms with E-state index >= 15 is 0 Å². The molecule has 18 heavy (non-hydrogen) atoms. The maximum Gasteiger partial charge on any atom is 0.356 e. The third kappa shape index (κ3) is 2.57. The number of carboxylic acids is 1. The molecule has 2 rings (SSSR count). The quantitative estimate of drug-likeness (QED) is 0.891. The number of nitrogens with zero attached hydrogens (tertiary/aromatic N) is 2. The van der Waals surface area contributed by atoms with Crippen molar-refractivity contribution in [3.05, 3.63) is 22.8 Å². The molecule has 0 spiro atoms. The Bertz CT molecular complexity index is 467. The van der Waals surface area contributed by atoms with Crippen LogP contribution in [0.1, 0.15) is 24.3 Å². The lowest BCUT2D eigenvalue weighted by Crippen LogP contribution is -2.47. The van der Waals surface area contributed by atoms with E-state index in [0.717, 1.165) is 0 Å². The SMILES string of the molecule is CC1CN(c2ccc(Cl)c(C(=O)O)n2)C(C)CO1. The van der Waals surface area contributed by atoms with Gasteiger partial charge in [0, 0.05) is 6.54 Å². The minimum Gasteiger partial charge on any atom is -0.476 e. The second kappa shape index (κ2) is 5.12. The smallest absolute Gasteiger partial charge is 0.356 e. The predicted octanol–water partition coefficient (Wildman–Crippen LogP) is 2.05. The molecule has 0 radical (unpaired) electrons. The molecule has 0 aromatic carbocycles. The van der Waals surface area contributed by atoms with Gasteiger partial charge >= 0.3 is 5.97 Å². The first-order valence-electron chi connectivity index (χ1n) is 5.77. The molecular formula is C12H15ClN2O3. The molecule has 2 unspecified atom stereocenters. The number of rotatable bonds is 2. The van der Waals surface area contributed by atoms with Gasteiger partial charge in [-0.2, -0.15) is 0 Å². The van der Waals surface area contributed by atoms with Gasteiger partial charge in [0.2, 0.25) is 0 Å². The summed E-state index contributed by atoms with van der Waals surface area (Å²) in [7, 11) is 0. The van der Waals surface area contributed by atoms with Crippen LogP contribution in [0.4, 0.5) is 5.82 Å². The van der Waals surface area contributed by atoms with Crippen LogP contribution in [0.5, 0.6) is 0 Å². The molecule has 98 valence electrons. The number of pyridine rings is 1. The van der Waals surface area contributed by atoms with E-state index in [1.807, 2.05) is 18.7 Å². The molecule has 1 N–H and O–H groups in total. The summed E-state index contributed by atoms with van der Waals surface area (Å²) in [6.45, 7) is 5.29. The largest absolute Gasteiger partial charge is 0.476 e. The van der Waals surface area contributed by atoms with E-state index in [0.29, 0.717) is 19.0 Å². The molecule has 0 bridgehead atoms. The molecule has 2 atom stereocenters. The van der Waals surface area contributed by atoms with Crippen LogP contribution in [0.25, 0.3) is 0 Å². The highest BCUT2D eigenvalue weighted by atomic mass is 35.5. The Morgan fingerprint density at radius 2 is 2.28 bits per heavy atom. The Balaban J connectivity index is 2.32. The predicted molar refractivity (Wildman–Crippen MR) is 68.4 cm³/mol. The van der Waals surface area contributed by atoms with Gasteiger partial charge in [0.25, 0.3) is 0 Å². The van der Waals surface area contributed by atoms with Crippen molar-refractivity contribution in [2.24, 2.45) is 0 Å². The maximum atomic E-state index is 11.0. The zero-order valence-electron chi connectivity index (χ0n) is 10.3. The zero-order chi connectivity index (χ0) is 13.3. The van der Waals surface area contributed by atoms with Gasteiger partial charge in [-0.3, -0.25) is 0 Å². The number of hydrogen-bond donors (Lipinski definition) is 1. The number of morpholine rings is 1. The topological polar surface area (TPSA) is 62.7 Å². The molecule has 1 aromatic rings. The van der Waals surface area contributed by atoms with Gasteiger partial charge < -0.3 is 14.7 Å². The number of anilines is 1. The highest BCUT2D eigenvalue weighted by molar-refractivity contribution is 6.33. The van der Waals surface area contributed by atoms with Crippen molar-refractivity contribution in [1.82, 2.24) is 4.98 Å². The van der Waals surface area contributed by atoms with Gasteiger partial charge in [-0.25, -0.2) is 9.78 Å². The molecule has 6 heteroatoms. The third-order valence-electron chi connectivity index (χ3n) is 2.94. The number of aromatic nitrogens is 1. The van der Waals surface area contributed by atoms with Gasteiger partial charge in [-0.1, -0.05) is 11.6 Å². The Hall–Kier alpha value is -1.33. The zero-order valence-corrected chi connectivity index (χ0v) is 11.0. The maximum absolute atomic E-state index is 11.0. The second-order valence-corrected chi connectivity index (χ2v) is 4.86. The van der Waals surface area contributed by atoms with E-state index in [-0.39, 0.29) is 22.9 Å². The normalized spacial score (nSPS) is 24.1. The average molecular weight is 271 g/mol. The number of carboxylic acid groups (broad SMARTS) is 1. The highest BCUT2D eigenvalue weighted by Gasteiger charge is 2.25. The van der Waals surface area contributed by atoms with Crippen molar-refractivity contribution < 1.29 is 14.6 Å². The van der Waals surface area contributed by atoms with Gasteiger partial charge in [0.15, 0.2) is 5.69 Å². The summed E-state index contributed by atoms with van der Waals surface area (Å²) in [5, 5.41) is 9.17. The fourth-order valence-corrected chi connectivity index (χ4v) is 2.15. The van der Waals surface area contributed by atoms with Gasteiger partial charge in [0.1, 0.15) is 5.82 Å². The lowest BCUT2D eigenvalue weighted by Gasteiger charge is -2.37. The minimum atomic E-state index is -1.11. The minimum absolute atomic E-state index is 0.104. The number of aromatic carboxylic acids is 1. The molecule has 0 aliphatic carbocycles. The number of hydrogen-bond acceptors (Lipinski definition) is 4. The Kier molecular flexibility index (Phi) is 3.73. The van der Waals surface area contributed by atoms with E-state index in [1.165, 1.54) is 0 Å². The van der Waals surface area contributed by atoms with Crippen LogP contribution < -0.4 is 4.90 Å². The Morgan fingerprint density at radius 3 is 2.94 bits per heavy atom. The van der Waals surface area contributed by atoms with Gasteiger partial charge in [0.05, 0.1) is 23.8 Å². The molecule has 2 heterocycles. The van der Waals surface area contributed by atoms with E-state index in [1.54, 1.807) is 12.1 Å². The van der Waals surface area contributed by atoms with Crippen molar-refractivity contribution in [3.63, 3.8) is 0 Å². The Labute approximate surface area is 110 Å². The number of ether oxygens (including phenoxy) is 1. The molecule has 1 saturated heterocycles. The first kappa shape index (κ1) is 13.1. The van der Waals surface area contributed by atoms with E-state index in [2.05, 4.69) is 4.98 Å². The van der Waals surface area contributed by atoms with Crippen molar-refractivity contribution in [2.75, 3.05) is 18.1 Å². The summed E-state index contributed by atoms with van der Waals surface area (Å²) in [5.41, 5.74) is -0.111. The Morgan fingerprint density at radius 1 is 1.56 bits per heavy atom. The summed E-state index contributed by atoms with van der Waals surface area (Å²) in [6, 6.07) is 3.47. The summed E-state index contributed by atoms with van der Waals surface area (Å²) >= 11 is 5.81. The van der Waals surface area contributed by atoms with Crippen LogP contribution in [0, 0.1) is 0 Å². The molecule has 1 aromatic heterocycles. The van der Waals surface area contributed by atoms with Crippen molar-refractivity contribution >= 4 is 23.4 Å². The summed E-state index contributed by atoms with van der Waals surface area (Å²) in [5.74, 6) is -0.490. The fourth-order valence-electron chi connectivity index (χ4n) is 1.96. The van der Waals surface area contributed by atoms with Crippen LogP contribution in [-0.4, -0.2) is 41.4 Å². The molecule has 1 fully saturated rings. The van der Waals surface area contributed by atoms with Gasteiger partial charge in [-0.05, 0) is 26.0 Å². The van der Waals surface area contributed by atoms with E-state index < -0.39 is 5.97 Å². The van der Waals surface area contributed by atoms with Crippen LogP contribution in [0.3, 0.4) is 0 Å². The van der Waals surface area contributed by atoms with Crippen LogP contribution in [0.15, 0.2) is 12.1 Å². The number of halogens is 1. The fraction of sp³-hybridized carbons (Fsp3) is 0.500. The number of carbonyl (C=O) groups is 1. The summed E-state index contributed by atoms with van der Waals surface area (Å²) in [6.07, 6.45) is 0.104. The lowest BCUT2D eigenvalue weighted by molar-refractivity contribution is 0.0340. The summed E-state index contributed by atoms with van der Waals surface area (Å²) in [4.78, 5) is 17.2. The van der Waals surface area contributed by atoms with Gasteiger partial charge in [-0.15, -0.1) is 0 Å². The molecule has 1 aliphatic rings. The highest BCUT2D eigenvalue weighted by Crippen LogP contribution is 2.23. The second-order valence-electron chi connectivity index (χ2n) is 4.45. The van der Waals surface area contributed by atoms with Crippen molar-refractivity contribution in [2.45, 2.75) is 26.0 Å². The first-order valence-corrected chi connectivity index (χ1v) is 6.15. The lowest BCUT2D eigenvalue weighted by atomic mass is 10.2. The monoisotopic (exact) mass is 270 g/mol. The van der Waals surface area contributed by atoms with E-state index in [9.17, 15) is 4.79 Å². The molecule has 0 saturated carbocycles. The standard InChI is InChI=1S/C12H15ClN2O3/c1-7-6-18-8(2)5-15(7)10-4-3-9(13)11(14-10)12(16)17/h3-4,7-8H,5-6H2,1-2H3,(H,16,17). The first-order chi connectivity index (χ1) is 8.49. The van der Waals surface area contributed by atoms with Crippen molar-refractivity contribution in [1.29, 1.82) is 0 Å². The molecular weight excluding hydrogens is 256 g/mol. The average Bonchev–Trinajstić information content (AvgIpc) is 2.33. The third-order valence-corrected chi connectivity index (χ3v) is 3.24. The molecule has 5 nitrogen and oxygen atoms in total. The van der Waals surface area contributed by atoms with Crippen molar-refractivity contribution in [3.8, 4) is 0 Å². The summed E-state index contributed by atoms with van der Waals surface area (Å²) < 4.78 is 5.53. The van der Waals surface area contributed by atoms with Crippen LogP contribution in [-0.2, 0) is 4.74 Å². The molecule has 0 amide bonds.